The average Bonchev–Trinajstić information content (AvgIpc) is 2.21. The third kappa shape index (κ3) is 3.72. The summed E-state index contributed by atoms with van der Waals surface area (Å²) >= 11 is 0. The van der Waals surface area contributed by atoms with Gasteiger partial charge in [-0.15, -0.1) is 0 Å². The molecule has 0 saturated heterocycles. The van der Waals surface area contributed by atoms with E-state index >= 15 is 0 Å². The van der Waals surface area contributed by atoms with E-state index in [9.17, 15) is 4.79 Å². The van der Waals surface area contributed by atoms with Crippen LogP contribution < -0.4 is 0 Å². The Balaban J connectivity index is 2.60. The zero-order valence-electron chi connectivity index (χ0n) is 8.81. The highest BCUT2D eigenvalue weighted by atomic mass is 16.4. The molecule has 0 aliphatic rings. The van der Waals surface area contributed by atoms with Gasteiger partial charge in [0.1, 0.15) is 0 Å². The van der Waals surface area contributed by atoms with Crippen LogP contribution in [0.4, 0.5) is 0 Å². The van der Waals surface area contributed by atoms with E-state index in [0.717, 1.165) is 18.4 Å². The fourth-order valence-corrected chi connectivity index (χ4v) is 1.44. The van der Waals surface area contributed by atoms with Crippen LogP contribution in [0.5, 0.6) is 0 Å². The number of aliphatic hydroxyl groups excluding tert-OH is 1. The lowest BCUT2D eigenvalue weighted by molar-refractivity contribution is -0.146. The second kappa shape index (κ2) is 5.51. The van der Waals surface area contributed by atoms with E-state index in [2.05, 4.69) is 6.92 Å². The highest BCUT2D eigenvalue weighted by Crippen LogP contribution is 2.08. The summed E-state index contributed by atoms with van der Waals surface area (Å²) in [6, 6.07) is 7.70. The van der Waals surface area contributed by atoms with E-state index in [-0.39, 0.29) is 6.42 Å². The Bertz CT molecular complexity index is 316. The lowest BCUT2D eigenvalue weighted by Crippen LogP contribution is -2.21. The monoisotopic (exact) mass is 208 g/mol. The van der Waals surface area contributed by atoms with Gasteiger partial charge in [-0.05, 0) is 17.5 Å². The van der Waals surface area contributed by atoms with Crippen LogP contribution in [0.1, 0.15) is 24.5 Å². The molecule has 0 spiro atoms. The summed E-state index contributed by atoms with van der Waals surface area (Å²) in [6.45, 7) is 2.11. The lowest BCUT2D eigenvalue weighted by atomic mass is 10.0. The predicted molar refractivity (Wildman–Crippen MR) is 57.8 cm³/mol. The van der Waals surface area contributed by atoms with Crippen molar-refractivity contribution < 1.29 is 15.0 Å². The molecule has 1 aromatic rings. The molecule has 0 heterocycles. The zero-order valence-corrected chi connectivity index (χ0v) is 8.81. The molecule has 1 rings (SSSR count). The summed E-state index contributed by atoms with van der Waals surface area (Å²) in [5.74, 6) is -1.17. The Kier molecular flexibility index (Phi) is 4.31. The minimum Gasteiger partial charge on any atom is -0.479 e. The number of carboxylic acids is 1. The van der Waals surface area contributed by atoms with Crippen molar-refractivity contribution in [3.05, 3.63) is 35.4 Å². The number of carbonyl (C=O) groups is 1. The van der Waals surface area contributed by atoms with Crippen LogP contribution in [0.3, 0.4) is 0 Å². The Morgan fingerprint density at radius 2 is 1.80 bits per heavy atom. The molecule has 0 aliphatic carbocycles. The second-order valence-electron chi connectivity index (χ2n) is 3.62. The molecule has 0 saturated carbocycles. The number of aliphatic hydroxyl groups is 1. The summed E-state index contributed by atoms with van der Waals surface area (Å²) in [7, 11) is 0. The number of rotatable bonds is 5. The molecular formula is C12H16O3. The molecule has 1 aromatic carbocycles. The number of hydrogen-bond acceptors (Lipinski definition) is 2. The maximum absolute atomic E-state index is 10.4. The lowest BCUT2D eigenvalue weighted by Gasteiger charge is -2.06. The molecule has 3 nitrogen and oxygen atoms in total. The first kappa shape index (κ1) is 11.7. The van der Waals surface area contributed by atoms with Gasteiger partial charge in [0.25, 0.3) is 0 Å². The van der Waals surface area contributed by atoms with E-state index in [1.165, 1.54) is 5.56 Å². The van der Waals surface area contributed by atoms with Gasteiger partial charge in [0.2, 0.25) is 0 Å². The highest BCUT2D eigenvalue weighted by molar-refractivity contribution is 5.72. The van der Waals surface area contributed by atoms with E-state index in [1.807, 2.05) is 24.3 Å². The molecule has 0 fully saturated rings. The van der Waals surface area contributed by atoms with Crippen molar-refractivity contribution in [1.82, 2.24) is 0 Å². The Morgan fingerprint density at radius 1 is 1.27 bits per heavy atom. The first-order valence-corrected chi connectivity index (χ1v) is 5.12. The third-order valence-electron chi connectivity index (χ3n) is 2.28. The molecule has 82 valence electrons. The summed E-state index contributed by atoms with van der Waals surface area (Å²) in [4.78, 5) is 10.4. The van der Waals surface area contributed by atoms with Crippen LogP contribution in [0.25, 0.3) is 0 Å². The van der Waals surface area contributed by atoms with Gasteiger partial charge < -0.3 is 10.2 Å². The second-order valence-corrected chi connectivity index (χ2v) is 3.62. The van der Waals surface area contributed by atoms with Gasteiger partial charge in [0.05, 0.1) is 0 Å². The maximum atomic E-state index is 10.4. The van der Waals surface area contributed by atoms with E-state index in [0.29, 0.717) is 0 Å². The molecule has 0 radical (unpaired) electrons. The highest BCUT2D eigenvalue weighted by Gasteiger charge is 2.13. The van der Waals surface area contributed by atoms with Crippen LogP contribution in [0.15, 0.2) is 24.3 Å². The first-order valence-electron chi connectivity index (χ1n) is 5.12. The number of hydrogen-bond donors (Lipinski definition) is 2. The molecule has 2 N–H and O–H groups in total. The van der Waals surface area contributed by atoms with Crippen molar-refractivity contribution in [2.24, 2.45) is 0 Å². The minimum absolute atomic E-state index is 0.168. The zero-order chi connectivity index (χ0) is 11.3. The Hall–Kier alpha value is -1.35. The van der Waals surface area contributed by atoms with Gasteiger partial charge in [-0.2, -0.15) is 0 Å². The normalized spacial score (nSPS) is 12.4. The van der Waals surface area contributed by atoms with Crippen LogP contribution in [0.2, 0.25) is 0 Å². The summed E-state index contributed by atoms with van der Waals surface area (Å²) < 4.78 is 0. The molecule has 0 aromatic heterocycles. The van der Waals surface area contributed by atoms with Gasteiger partial charge in [-0.1, -0.05) is 37.6 Å². The number of benzene rings is 1. The van der Waals surface area contributed by atoms with Crippen molar-refractivity contribution in [3.63, 3.8) is 0 Å². The standard InChI is InChI=1S/C12H16O3/c1-2-3-9-4-6-10(7-5-9)8-11(13)12(14)15/h4-7,11,13H,2-3,8H2,1H3,(H,14,15). The van der Waals surface area contributed by atoms with Crippen molar-refractivity contribution in [2.45, 2.75) is 32.3 Å². The van der Waals surface area contributed by atoms with E-state index < -0.39 is 12.1 Å². The van der Waals surface area contributed by atoms with Gasteiger partial charge >= 0.3 is 5.97 Å². The van der Waals surface area contributed by atoms with Gasteiger partial charge in [0, 0.05) is 6.42 Å². The number of aliphatic carboxylic acids is 1. The number of carboxylic acid groups (broad SMARTS) is 1. The summed E-state index contributed by atoms with van der Waals surface area (Å²) in [6.07, 6.45) is 0.989. The molecule has 1 unspecified atom stereocenters. The van der Waals surface area contributed by atoms with Crippen molar-refractivity contribution in [3.8, 4) is 0 Å². The average molecular weight is 208 g/mol. The SMILES string of the molecule is CCCc1ccc(CC(O)C(=O)O)cc1. The van der Waals surface area contributed by atoms with Crippen LogP contribution in [-0.2, 0) is 17.6 Å². The maximum Gasteiger partial charge on any atom is 0.332 e. The Labute approximate surface area is 89.4 Å². The summed E-state index contributed by atoms with van der Waals surface area (Å²) in [5, 5.41) is 17.7. The van der Waals surface area contributed by atoms with Gasteiger partial charge in [-0.3, -0.25) is 0 Å². The fourth-order valence-electron chi connectivity index (χ4n) is 1.44. The first-order chi connectivity index (χ1) is 7.13. The molecular weight excluding hydrogens is 192 g/mol. The largest absolute Gasteiger partial charge is 0.479 e. The molecule has 0 aliphatic heterocycles. The van der Waals surface area contributed by atoms with Crippen LogP contribution in [0, 0.1) is 0 Å². The van der Waals surface area contributed by atoms with Crippen molar-refractivity contribution >= 4 is 5.97 Å². The summed E-state index contributed by atoms with van der Waals surface area (Å²) in [5.41, 5.74) is 2.09. The number of aryl methyl sites for hydroxylation is 1. The van der Waals surface area contributed by atoms with Gasteiger partial charge in [-0.25, -0.2) is 4.79 Å². The third-order valence-corrected chi connectivity index (χ3v) is 2.28. The Morgan fingerprint density at radius 3 is 2.27 bits per heavy atom. The quantitative estimate of drug-likeness (QED) is 0.773. The topological polar surface area (TPSA) is 57.5 Å². The fraction of sp³-hybridized carbons (Fsp3) is 0.417. The van der Waals surface area contributed by atoms with E-state index in [1.54, 1.807) is 0 Å². The van der Waals surface area contributed by atoms with Gasteiger partial charge in [0.15, 0.2) is 6.10 Å². The van der Waals surface area contributed by atoms with Crippen LogP contribution >= 0.6 is 0 Å². The molecule has 0 bridgehead atoms. The molecule has 0 amide bonds. The molecule has 15 heavy (non-hydrogen) atoms. The van der Waals surface area contributed by atoms with Crippen molar-refractivity contribution in [1.29, 1.82) is 0 Å². The predicted octanol–water partition coefficient (Wildman–Crippen LogP) is 1.63. The van der Waals surface area contributed by atoms with Crippen molar-refractivity contribution in [2.75, 3.05) is 0 Å². The van der Waals surface area contributed by atoms with Crippen LogP contribution in [-0.4, -0.2) is 22.3 Å². The van der Waals surface area contributed by atoms with E-state index in [4.69, 9.17) is 10.2 Å². The molecule has 1 atom stereocenters. The smallest absolute Gasteiger partial charge is 0.332 e. The minimum atomic E-state index is -1.30. The molecule has 3 heteroatoms.